The molecule has 0 heterocycles. The van der Waals surface area contributed by atoms with Gasteiger partial charge in [-0.05, 0) is 45.0 Å². The first-order valence-electron chi connectivity index (χ1n) is 8.02. The Kier molecular flexibility index (Phi) is 10.5. The summed E-state index contributed by atoms with van der Waals surface area (Å²) in [4.78, 5) is 13.8. The van der Waals surface area contributed by atoms with Crippen molar-refractivity contribution in [1.29, 1.82) is 0 Å². The molecule has 1 saturated carbocycles. The largest absolute Gasteiger partial charge is 0.354 e. The van der Waals surface area contributed by atoms with Crippen LogP contribution >= 0.6 is 24.8 Å². The number of carbonyl (C=O) groups excluding carboxylic acids is 1. The molecule has 25 heavy (non-hydrogen) atoms. The first-order valence-corrected chi connectivity index (χ1v) is 8.02. The molecule has 0 radical (unpaired) electrons. The van der Waals surface area contributed by atoms with Gasteiger partial charge in [-0.3, -0.25) is 4.79 Å². The predicted octanol–water partition coefficient (Wildman–Crippen LogP) is 3.04. The molecule has 144 valence electrons. The normalized spacial score (nSPS) is 20.6. The summed E-state index contributed by atoms with van der Waals surface area (Å²) >= 11 is 0. The van der Waals surface area contributed by atoms with Crippen LogP contribution in [0.4, 0.5) is 8.78 Å². The van der Waals surface area contributed by atoms with E-state index in [1.807, 2.05) is 0 Å². The van der Waals surface area contributed by atoms with Crippen molar-refractivity contribution in [3.8, 4) is 0 Å². The first kappa shape index (κ1) is 24.1. The number of nitrogens with two attached hydrogens (primary N) is 1. The Morgan fingerprint density at radius 2 is 1.88 bits per heavy atom. The van der Waals surface area contributed by atoms with Crippen molar-refractivity contribution in [2.45, 2.75) is 37.8 Å². The van der Waals surface area contributed by atoms with Gasteiger partial charge in [0.25, 0.3) is 0 Å². The quantitative estimate of drug-likeness (QED) is 0.775. The Hall–Kier alpha value is -0.950. The molecule has 4 nitrogen and oxygen atoms in total. The first-order chi connectivity index (χ1) is 10.9. The van der Waals surface area contributed by atoms with E-state index in [4.69, 9.17) is 5.73 Å². The van der Waals surface area contributed by atoms with Gasteiger partial charge in [0.2, 0.25) is 5.91 Å². The van der Waals surface area contributed by atoms with Crippen LogP contribution < -0.4 is 11.1 Å². The molecular weight excluding hydrogens is 371 g/mol. The minimum absolute atomic E-state index is 0. The van der Waals surface area contributed by atoms with Crippen molar-refractivity contribution in [1.82, 2.24) is 10.2 Å². The molecule has 3 atom stereocenters. The molecule has 0 aromatic heterocycles. The van der Waals surface area contributed by atoms with E-state index in [-0.39, 0.29) is 54.8 Å². The van der Waals surface area contributed by atoms with Crippen LogP contribution in [0.15, 0.2) is 18.2 Å². The van der Waals surface area contributed by atoms with Crippen molar-refractivity contribution >= 4 is 30.7 Å². The molecule has 0 aliphatic heterocycles. The number of amides is 1. The molecule has 1 amide bonds. The van der Waals surface area contributed by atoms with Gasteiger partial charge in [0.05, 0.1) is 6.04 Å². The Morgan fingerprint density at radius 1 is 1.28 bits per heavy atom. The monoisotopic (exact) mass is 397 g/mol. The van der Waals surface area contributed by atoms with E-state index >= 15 is 0 Å². The van der Waals surface area contributed by atoms with Gasteiger partial charge < -0.3 is 16.0 Å². The van der Waals surface area contributed by atoms with Gasteiger partial charge >= 0.3 is 0 Å². The molecule has 1 fully saturated rings. The summed E-state index contributed by atoms with van der Waals surface area (Å²) in [5.74, 6) is -1.11. The Morgan fingerprint density at radius 3 is 2.36 bits per heavy atom. The van der Waals surface area contributed by atoms with Crippen molar-refractivity contribution in [2.24, 2.45) is 11.7 Å². The van der Waals surface area contributed by atoms with Crippen LogP contribution in [0.1, 0.15) is 37.3 Å². The second-order valence-corrected chi connectivity index (χ2v) is 6.48. The lowest BCUT2D eigenvalue weighted by atomic mass is 9.99. The predicted molar refractivity (Wildman–Crippen MR) is 100 cm³/mol. The summed E-state index contributed by atoms with van der Waals surface area (Å²) < 4.78 is 27.9. The number of likely N-dealkylation sites (N-methyl/N-ethyl adjacent to an activating group) is 1. The molecule has 1 unspecified atom stereocenters. The zero-order chi connectivity index (χ0) is 17.0. The van der Waals surface area contributed by atoms with Gasteiger partial charge in [0.1, 0.15) is 11.6 Å². The highest BCUT2D eigenvalue weighted by atomic mass is 35.5. The maximum atomic E-state index is 14.0. The minimum Gasteiger partial charge on any atom is -0.354 e. The van der Waals surface area contributed by atoms with Gasteiger partial charge in [-0.2, -0.15) is 0 Å². The van der Waals surface area contributed by atoms with Crippen LogP contribution in [0.3, 0.4) is 0 Å². The van der Waals surface area contributed by atoms with E-state index in [9.17, 15) is 13.6 Å². The lowest BCUT2D eigenvalue weighted by molar-refractivity contribution is -0.122. The van der Waals surface area contributed by atoms with Crippen LogP contribution in [0.5, 0.6) is 0 Å². The van der Waals surface area contributed by atoms with Crippen molar-refractivity contribution in [3.63, 3.8) is 0 Å². The Labute approximate surface area is 160 Å². The van der Waals surface area contributed by atoms with Crippen LogP contribution in [-0.2, 0) is 4.79 Å². The zero-order valence-corrected chi connectivity index (χ0v) is 16.1. The number of nitrogens with one attached hydrogen (secondary N) is 1. The van der Waals surface area contributed by atoms with Gasteiger partial charge in [-0.1, -0.05) is 12.5 Å². The third-order valence-electron chi connectivity index (χ3n) is 4.61. The number of rotatable bonds is 6. The van der Waals surface area contributed by atoms with E-state index in [0.717, 1.165) is 19.3 Å². The Bertz CT molecular complexity index is 540. The smallest absolute Gasteiger partial charge is 0.220 e. The number of halogens is 4. The number of nitrogens with zero attached hydrogens (tertiary/aromatic N) is 1. The number of carbonyl (C=O) groups is 1. The van der Waals surface area contributed by atoms with E-state index < -0.39 is 17.7 Å². The molecule has 0 spiro atoms. The molecule has 3 N–H and O–H groups in total. The summed E-state index contributed by atoms with van der Waals surface area (Å²) in [6.45, 7) is 0.158. The number of benzene rings is 1. The van der Waals surface area contributed by atoms with E-state index in [1.165, 1.54) is 18.2 Å². The summed E-state index contributed by atoms with van der Waals surface area (Å²) in [6, 6.07) is 3.32. The number of hydrogen-bond donors (Lipinski definition) is 2. The molecule has 1 aliphatic carbocycles. The van der Waals surface area contributed by atoms with Gasteiger partial charge in [-0.25, -0.2) is 8.78 Å². The molecule has 1 aliphatic rings. The van der Waals surface area contributed by atoms with Crippen molar-refractivity contribution in [3.05, 3.63) is 35.4 Å². The highest BCUT2D eigenvalue weighted by Gasteiger charge is 2.27. The molecule has 1 aromatic rings. The van der Waals surface area contributed by atoms with Crippen molar-refractivity contribution < 1.29 is 13.6 Å². The Balaban J connectivity index is 0.00000288. The highest BCUT2D eigenvalue weighted by Crippen LogP contribution is 2.27. The van der Waals surface area contributed by atoms with Crippen LogP contribution in [-0.4, -0.2) is 37.5 Å². The van der Waals surface area contributed by atoms with Crippen LogP contribution in [0, 0.1) is 17.6 Å². The maximum absolute atomic E-state index is 14.0. The SMILES string of the molecule is CN(C)C(CNC(=O)C[C@@H]1CCC[C@H]1N)c1c(F)cccc1F.Cl.Cl. The fourth-order valence-electron chi connectivity index (χ4n) is 3.21. The molecule has 1 aromatic carbocycles. The minimum atomic E-state index is -0.601. The van der Waals surface area contributed by atoms with Gasteiger partial charge in [0, 0.05) is 24.6 Å². The maximum Gasteiger partial charge on any atom is 0.220 e. The molecular formula is C17H27Cl2F2N3O. The fraction of sp³-hybridized carbons (Fsp3) is 0.588. The summed E-state index contributed by atoms with van der Waals surface area (Å²) in [5, 5.41) is 2.79. The molecule has 0 saturated heterocycles. The second kappa shape index (κ2) is 10.9. The summed E-state index contributed by atoms with van der Waals surface area (Å²) in [5.41, 5.74) is 5.96. The highest BCUT2D eigenvalue weighted by molar-refractivity contribution is 5.85. The third kappa shape index (κ3) is 6.37. The number of hydrogen-bond acceptors (Lipinski definition) is 3. The fourth-order valence-corrected chi connectivity index (χ4v) is 3.21. The second-order valence-electron chi connectivity index (χ2n) is 6.48. The molecule has 2 rings (SSSR count). The average molecular weight is 398 g/mol. The third-order valence-corrected chi connectivity index (χ3v) is 4.61. The summed E-state index contributed by atoms with van der Waals surface area (Å²) in [7, 11) is 3.46. The van der Waals surface area contributed by atoms with E-state index in [0.29, 0.717) is 6.42 Å². The molecule has 8 heteroatoms. The van der Waals surface area contributed by atoms with Crippen LogP contribution in [0.25, 0.3) is 0 Å². The topological polar surface area (TPSA) is 58.4 Å². The lowest BCUT2D eigenvalue weighted by Crippen LogP contribution is -2.37. The average Bonchev–Trinajstić information content (AvgIpc) is 2.87. The summed E-state index contributed by atoms with van der Waals surface area (Å²) in [6.07, 6.45) is 3.35. The van der Waals surface area contributed by atoms with E-state index in [2.05, 4.69) is 5.32 Å². The van der Waals surface area contributed by atoms with Gasteiger partial charge in [0.15, 0.2) is 0 Å². The lowest BCUT2D eigenvalue weighted by Gasteiger charge is -2.26. The van der Waals surface area contributed by atoms with Gasteiger partial charge in [-0.15, -0.1) is 24.8 Å². The van der Waals surface area contributed by atoms with E-state index in [1.54, 1.807) is 19.0 Å². The van der Waals surface area contributed by atoms with Crippen LogP contribution in [0.2, 0.25) is 0 Å². The zero-order valence-electron chi connectivity index (χ0n) is 14.5. The van der Waals surface area contributed by atoms with Crippen molar-refractivity contribution in [2.75, 3.05) is 20.6 Å². The standard InChI is InChI=1S/C17H25F2N3O.2ClH/c1-22(2)15(17-12(18)6-4-7-13(17)19)10-21-16(23)9-11-5-3-8-14(11)20;;/h4,6-7,11,14-15H,3,5,8-10,20H2,1-2H3,(H,21,23);2*1H/t11-,14+,15?;;/m0../s1. The molecule has 0 bridgehead atoms.